The molecule has 1 saturated heterocycles. The van der Waals surface area contributed by atoms with Crippen LogP contribution in [0.2, 0.25) is 10.0 Å². The standard InChI is InChI=1S/C24H16BrCl2NO4S/c1-31-21-5-3-2-4-19(21)28-23(29)22(33-24(28)30)11-15-10-16(25)7-9-20(15)32-13-14-6-8-17(26)12-18(14)27/h2-12H,13H2,1H3/b22-11-. The van der Waals surface area contributed by atoms with E-state index in [9.17, 15) is 9.59 Å². The van der Waals surface area contributed by atoms with Gasteiger partial charge in [-0.2, -0.15) is 0 Å². The number of benzene rings is 3. The fourth-order valence-electron chi connectivity index (χ4n) is 3.19. The summed E-state index contributed by atoms with van der Waals surface area (Å²) in [6.07, 6.45) is 1.64. The second-order valence-corrected chi connectivity index (χ2v) is 9.65. The Morgan fingerprint density at radius 3 is 2.58 bits per heavy atom. The highest BCUT2D eigenvalue weighted by atomic mass is 79.9. The average molecular weight is 565 g/mol. The molecule has 3 aromatic carbocycles. The third-order valence-corrected chi connectivity index (χ3v) is 6.73. The summed E-state index contributed by atoms with van der Waals surface area (Å²) in [5, 5.41) is 0.638. The van der Waals surface area contributed by atoms with Crippen LogP contribution in [0.3, 0.4) is 0 Å². The predicted molar refractivity (Wildman–Crippen MR) is 136 cm³/mol. The number of hydrogen-bond acceptors (Lipinski definition) is 5. The number of rotatable bonds is 6. The number of carbonyl (C=O) groups excluding carboxylic acids is 2. The van der Waals surface area contributed by atoms with Gasteiger partial charge >= 0.3 is 0 Å². The van der Waals surface area contributed by atoms with Gasteiger partial charge in [0.05, 0.1) is 17.7 Å². The van der Waals surface area contributed by atoms with E-state index in [1.807, 2.05) is 12.1 Å². The number of methoxy groups -OCH3 is 1. The number of thioether (sulfide) groups is 1. The number of hydrogen-bond donors (Lipinski definition) is 0. The molecule has 1 aliphatic rings. The number of halogens is 3. The SMILES string of the molecule is COc1ccccc1N1C(=O)S/C(=C\c2cc(Br)ccc2OCc2ccc(Cl)cc2Cl)C1=O. The number of para-hydroxylation sites is 2. The molecule has 0 radical (unpaired) electrons. The molecule has 0 aliphatic carbocycles. The van der Waals surface area contributed by atoms with Crippen molar-refractivity contribution in [3.05, 3.63) is 91.2 Å². The molecular weight excluding hydrogens is 549 g/mol. The van der Waals surface area contributed by atoms with Crippen LogP contribution in [0.1, 0.15) is 11.1 Å². The first-order valence-corrected chi connectivity index (χ1v) is 12.0. The van der Waals surface area contributed by atoms with Crippen molar-refractivity contribution in [1.82, 2.24) is 0 Å². The Balaban J connectivity index is 1.63. The molecule has 9 heteroatoms. The monoisotopic (exact) mass is 563 g/mol. The maximum Gasteiger partial charge on any atom is 0.298 e. The summed E-state index contributed by atoms with van der Waals surface area (Å²) >= 11 is 16.5. The van der Waals surface area contributed by atoms with Gasteiger partial charge in [0, 0.05) is 25.6 Å². The molecule has 0 aromatic heterocycles. The topological polar surface area (TPSA) is 55.8 Å². The third-order valence-electron chi connectivity index (χ3n) is 4.78. The van der Waals surface area contributed by atoms with Crippen molar-refractivity contribution in [2.45, 2.75) is 6.61 Å². The van der Waals surface area contributed by atoms with Crippen LogP contribution in [-0.4, -0.2) is 18.3 Å². The predicted octanol–water partition coefficient (Wildman–Crippen LogP) is 7.58. The smallest absolute Gasteiger partial charge is 0.298 e. The maximum atomic E-state index is 13.1. The minimum atomic E-state index is -0.429. The third kappa shape index (κ3) is 5.22. The molecule has 0 N–H and O–H groups in total. The Kier molecular flexibility index (Phi) is 7.34. The van der Waals surface area contributed by atoms with Crippen LogP contribution in [0.5, 0.6) is 11.5 Å². The second-order valence-electron chi connectivity index (χ2n) is 6.90. The molecule has 2 amide bonds. The van der Waals surface area contributed by atoms with E-state index in [4.69, 9.17) is 32.7 Å². The van der Waals surface area contributed by atoms with Crippen molar-refractivity contribution in [3.63, 3.8) is 0 Å². The number of anilines is 1. The van der Waals surface area contributed by atoms with Crippen LogP contribution in [-0.2, 0) is 11.4 Å². The quantitative estimate of drug-likeness (QED) is 0.289. The lowest BCUT2D eigenvalue weighted by Crippen LogP contribution is -2.28. The van der Waals surface area contributed by atoms with Crippen LogP contribution in [0, 0.1) is 0 Å². The molecule has 4 rings (SSSR count). The molecule has 1 heterocycles. The van der Waals surface area contributed by atoms with Crippen LogP contribution < -0.4 is 14.4 Å². The Bertz CT molecular complexity index is 1280. The molecule has 1 aliphatic heterocycles. The fraction of sp³-hybridized carbons (Fsp3) is 0.0833. The van der Waals surface area contributed by atoms with E-state index in [0.717, 1.165) is 26.7 Å². The average Bonchev–Trinajstić information content (AvgIpc) is 3.06. The summed E-state index contributed by atoms with van der Waals surface area (Å²) in [7, 11) is 1.49. The fourth-order valence-corrected chi connectivity index (χ4v) is 4.86. The van der Waals surface area contributed by atoms with E-state index in [1.165, 1.54) is 7.11 Å². The van der Waals surface area contributed by atoms with Gasteiger partial charge in [0.25, 0.3) is 11.1 Å². The molecule has 0 atom stereocenters. The molecule has 0 spiro atoms. The lowest BCUT2D eigenvalue weighted by Gasteiger charge is -2.15. The Morgan fingerprint density at radius 2 is 1.82 bits per heavy atom. The molecule has 33 heavy (non-hydrogen) atoms. The van der Waals surface area contributed by atoms with Gasteiger partial charge in [-0.25, -0.2) is 4.90 Å². The van der Waals surface area contributed by atoms with Crippen molar-refractivity contribution in [1.29, 1.82) is 0 Å². The first kappa shape index (κ1) is 23.7. The highest BCUT2D eigenvalue weighted by Crippen LogP contribution is 2.40. The summed E-state index contributed by atoms with van der Waals surface area (Å²) in [6.45, 7) is 0.209. The zero-order chi connectivity index (χ0) is 23.5. The molecule has 3 aromatic rings. The van der Waals surface area contributed by atoms with E-state index < -0.39 is 11.1 Å². The largest absolute Gasteiger partial charge is 0.495 e. The van der Waals surface area contributed by atoms with Crippen LogP contribution in [0.25, 0.3) is 6.08 Å². The number of nitrogens with zero attached hydrogens (tertiary/aromatic N) is 1. The summed E-state index contributed by atoms with van der Waals surface area (Å²) in [5.41, 5.74) is 1.81. The summed E-state index contributed by atoms with van der Waals surface area (Å²) in [5.74, 6) is 0.543. The van der Waals surface area contributed by atoms with Gasteiger partial charge in [0.15, 0.2) is 0 Å². The second kappa shape index (κ2) is 10.2. The molecular formula is C24H16BrCl2NO4S. The van der Waals surface area contributed by atoms with Gasteiger partial charge in [0.1, 0.15) is 18.1 Å². The van der Waals surface area contributed by atoms with E-state index in [1.54, 1.807) is 54.6 Å². The first-order valence-electron chi connectivity index (χ1n) is 9.64. The zero-order valence-electron chi connectivity index (χ0n) is 17.2. The van der Waals surface area contributed by atoms with E-state index in [2.05, 4.69) is 15.9 Å². The van der Waals surface area contributed by atoms with Gasteiger partial charge in [0.2, 0.25) is 0 Å². The molecule has 0 unspecified atom stereocenters. The van der Waals surface area contributed by atoms with Gasteiger partial charge in [-0.15, -0.1) is 0 Å². The molecule has 5 nitrogen and oxygen atoms in total. The summed E-state index contributed by atoms with van der Waals surface area (Å²) in [6, 6.07) is 17.5. The van der Waals surface area contributed by atoms with E-state index in [0.29, 0.717) is 32.8 Å². The van der Waals surface area contributed by atoms with Crippen molar-refractivity contribution < 1.29 is 19.1 Å². The van der Waals surface area contributed by atoms with Crippen LogP contribution in [0.15, 0.2) is 70.0 Å². The minimum absolute atomic E-state index is 0.209. The highest BCUT2D eigenvalue weighted by Gasteiger charge is 2.37. The first-order chi connectivity index (χ1) is 15.9. The number of amides is 2. The summed E-state index contributed by atoms with van der Waals surface area (Å²) in [4.78, 5) is 27.2. The Hall–Kier alpha value is -2.45. The van der Waals surface area contributed by atoms with Crippen LogP contribution >= 0.6 is 50.9 Å². The van der Waals surface area contributed by atoms with Gasteiger partial charge in [-0.3, -0.25) is 9.59 Å². The molecule has 1 fully saturated rings. The van der Waals surface area contributed by atoms with Gasteiger partial charge in [-0.05, 0) is 60.3 Å². The minimum Gasteiger partial charge on any atom is -0.495 e. The van der Waals surface area contributed by atoms with E-state index >= 15 is 0 Å². The molecule has 168 valence electrons. The highest BCUT2D eigenvalue weighted by molar-refractivity contribution is 9.10. The maximum absolute atomic E-state index is 13.1. The number of imide groups is 1. The molecule has 0 bridgehead atoms. The number of ether oxygens (including phenoxy) is 2. The Morgan fingerprint density at radius 1 is 1.03 bits per heavy atom. The van der Waals surface area contributed by atoms with Gasteiger partial charge in [-0.1, -0.05) is 57.3 Å². The lowest BCUT2D eigenvalue weighted by molar-refractivity contribution is -0.113. The van der Waals surface area contributed by atoms with Crippen molar-refractivity contribution in [2.75, 3.05) is 12.0 Å². The van der Waals surface area contributed by atoms with Crippen molar-refractivity contribution >= 4 is 73.8 Å². The van der Waals surface area contributed by atoms with Crippen molar-refractivity contribution in [2.24, 2.45) is 0 Å². The van der Waals surface area contributed by atoms with E-state index in [-0.39, 0.29) is 11.5 Å². The Labute approximate surface area is 213 Å². The normalized spacial score (nSPS) is 14.8. The lowest BCUT2D eigenvalue weighted by atomic mass is 10.1. The van der Waals surface area contributed by atoms with Crippen molar-refractivity contribution in [3.8, 4) is 11.5 Å². The number of carbonyl (C=O) groups is 2. The summed E-state index contributed by atoms with van der Waals surface area (Å²) < 4.78 is 12.1. The van der Waals surface area contributed by atoms with Crippen LogP contribution in [0.4, 0.5) is 10.5 Å². The zero-order valence-corrected chi connectivity index (χ0v) is 21.1. The van der Waals surface area contributed by atoms with Gasteiger partial charge < -0.3 is 9.47 Å². The molecule has 0 saturated carbocycles.